The fourth-order valence-electron chi connectivity index (χ4n) is 3.37. The van der Waals surface area contributed by atoms with Crippen molar-refractivity contribution in [2.24, 2.45) is 5.92 Å². The van der Waals surface area contributed by atoms with Crippen LogP contribution < -0.4 is 5.32 Å². The predicted octanol–water partition coefficient (Wildman–Crippen LogP) is 3.29. The van der Waals surface area contributed by atoms with Crippen molar-refractivity contribution in [3.63, 3.8) is 0 Å². The van der Waals surface area contributed by atoms with Crippen molar-refractivity contribution in [3.05, 3.63) is 35.9 Å². The molecular weight excluding hydrogens is 412 g/mol. The molecular formula is C24H36N2O6. The summed E-state index contributed by atoms with van der Waals surface area (Å²) in [4.78, 5) is 38.9. The highest BCUT2D eigenvalue weighted by Gasteiger charge is 2.28. The number of benzene rings is 1. The normalized spacial score (nSPS) is 15.0. The number of hydrogen-bond acceptors (Lipinski definition) is 6. The van der Waals surface area contributed by atoms with E-state index in [1.807, 2.05) is 51.1 Å². The lowest BCUT2D eigenvalue weighted by atomic mass is 9.96. The molecule has 2 amide bonds. The minimum atomic E-state index is -0.542. The van der Waals surface area contributed by atoms with Crippen LogP contribution in [-0.2, 0) is 30.4 Å². The van der Waals surface area contributed by atoms with E-state index in [0.717, 1.165) is 5.56 Å². The van der Waals surface area contributed by atoms with Gasteiger partial charge >= 0.3 is 12.1 Å². The van der Waals surface area contributed by atoms with Gasteiger partial charge in [0, 0.05) is 25.6 Å². The first kappa shape index (κ1) is 25.6. The van der Waals surface area contributed by atoms with Gasteiger partial charge in [-0.3, -0.25) is 9.59 Å². The first-order valence-corrected chi connectivity index (χ1v) is 11.3. The Kier molecular flexibility index (Phi) is 10.5. The van der Waals surface area contributed by atoms with E-state index >= 15 is 0 Å². The molecule has 0 radical (unpaired) electrons. The van der Waals surface area contributed by atoms with E-state index in [9.17, 15) is 14.4 Å². The second-order valence-electron chi connectivity index (χ2n) is 8.91. The van der Waals surface area contributed by atoms with Crippen LogP contribution >= 0.6 is 0 Å². The van der Waals surface area contributed by atoms with Gasteiger partial charge < -0.3 is 24.4 Å². The summed E-state index contributed by atoms with van der Waals surface area (Å²) in [5, 5.41) is 2.72. The van der Waals surface area contributed by atoms with Gasteiger partial charge in [-0.15, -0.1) is 0 Å². The lowest BCUT2D eigenvalue weighted by molar-refractivity contribution is -0.151. The van der Waals surface area contributed by atoms with Crippen LogP contribution in [0.4, 0.5) is 4.79 Å². The Bertz CT molecular complexity index is 726. The highest BCUT2D eigenvalue weighted by molar-refractivity contribution is 5.83. The van der Waals surface area contributed by atoms with E-state index in [0.29, 0.717) is 52.1 Å². The van der Waals surface area contributed by atoms with Crippen molar-refractivity contribution in [2.45, 2.75) is 58.7 Å². The minimum Gasteiger partial charge on any atom is -0.461 e. The van der Waals surface area contributed by atoms with Gasteiger partial charge in [-0.1, -0.05) is 36.8 Å². The van der Waals surface area contributed by atoms with Crippen molar-refractivity contribution in [3.8, 4) is 0 Å². The topological polar surface area (TPSA) is 94.2 Å². The van der Waals surface area contributed by atoms with Crippen molar-refractivity contribution in [1.82, 2.24) is 10.2 Å². The van der Waals surface area contributed by atoms with E-state index in [2.05, 4.69) is 5.32 Å². The summed E-state index contributed by atoms with van der Waals surface area (Å²) in [6, 6.07) is 9.46. The molecule has 0 spiro atoms. The van der Waals surface area contributed by atoms with Crippen LogP contribution in [0.25, 0.3) is 0 Å². The van der Waals surface area contributed by atoms with E-state index in [1.165, 1.54) is 0 Å². The number of nitrogens with one attached hydrogen (secondary N) is 1. The fourth-order valence-corrected chi connectivity index (χ4v) is 3.37. The number of ether oxygens (including phenoxy) is 3. The molecule has 1 heterocycles. The SMILES string of the molecule is CC(C)(C)OC(=O)NCCCC[C@@H](CC(=O)OCc1ccccc1)C(=O)N1CCOCC1. The summed E-state index contributed by atoms with van der Waals surface area (Å²) in [5.41, 5.74) is 0.366. The molecule has 1 aliphatic rings. The molecule has 1 fully saturated rings. The summed E-state index contributed by atoms with van der Waals surface area (Å²) in [6.07, 6.45) is 1.52. The molecule has 0 saturated carbocycles. The third kappa shape index (κ3) is 10.1. The van der Waals surface area contributed by atoms with E-state index in [1.54, 1.807) is 4.90 Å². The number of morpholine rings is 1. The van der Waals surface area contributed by atoms with Gasteiger partial charge in [0.2, 0.25) is 5.91 Å². The summed E-state index contributed by atoms with van der Waals surface area (Å²) in [6.45, 7) is 8.17. The molecule has 0 unspecified atom stereocenters. The quantitative estimate of drug-likeness (QED) is 0.436. The van der Waals surface area contributed by atoms with Crippen LogP contribution in [0, 0.1) is 5.92 Å². The highest BCUT2D eigenvalue weighted by Crippen LogP contribution is 2.19. The predicted molar refractivity (Wildman–Crippen MR) is 120 cm³/mol. The Morgan fingerprint density at radius 1 is 1.09 bits per heavy atom. The highest BCUT2D eigenvalue weighted by atomic mass is 16.6. The maximum absolute atomic E-state index is 13.0. The summed E-state index contributed by atoms with van der Waals surface area (Å²) >= 11 is 0. The Morgan fingerprint density at radius 2 is 1.78 bits per heavy atom. The molecule has 1 aromatic rings. The number of hydrogen-bond donors (Lipinski definition) is 1. The molecule has 1 aliphatic heterocycles. The molecule has 178 valence electrons. The molecule has 2 rings (SSSR count). The molecule has 0 aromatic heterocycles. The number of amides is 2. The van der Waals surface area contributed by atoms with E-state index in [-0.39, 0.29) is 24.9 Å². The number of carbonyl (C=O) groups excluding carboxylic acids is 3. The number of nitrogens with zero attached hydrogens (tertiary/aromatic N) is 1. The number of alkyl carbamates (subject to hydrolysis) is 1. The molecule has 0 bridgehead atoms. The third-order valence-corrected chi connectivity index (χ3v) is 4.98. The van der Waals surface area contributed by atoms with Crippen molar-refractivity contribution >= 4 is 18.0 Å². The average molecular weight is 449 g/mol. The van der Waals surface area contributed by atoms with Gasteiger partial charge in [-0.2, -0.15) is 0 Å². The first-order chi connectivity index (χ1) is 15.2. The number of esters is 1. The van der Waals surface area contributed by atoms with Crippen LogP contribution in [0.5, 0.6) is 0 Å². The van der Waals surface area contributed by atoms with E-state index < -0.39 is 17.6 Å². The zero-order chi connectivity index (χ0) is 23.4. The van der Waals surface area contributed by atoms with Crippen LogP contribution in [0.1, 0.15) is 52.0 Å². The number of rotatable bonds is 10. The van der Waals surface area contributed by atoms with Gasteiger partial charge in [0.15, 0.2) is 0 Å². The lowest BCUT2D eigenvalue weighted by Crippen LogP contribution is -2.44. The minimum absolute atomic E-state index is 0.0370. The Hall–Kier alpha value is -2.61. The van der Waals surface area contributed by atoms with Gasteiger partial charge in [0.1, 0.15) is 12.2 Å². The standard InChI is InChI=1S/C24H36N2O6/c1-24(2,3)32-23(29)25-12-8-7-11-20(22(28)26-13-15-30-16-14-26)17-21(27)31-18-19-9-5-4-6-10-19/h4-6,9-10,20H,7-8,11-18H2,1-3H3,(H,25,29)/t20-/m0/s1. The molecule has 32 heavy (non-hydrogen) atoms. The van der Waals surface area contributed by atoms with Gasteiger partial charge in [-0.25, -0.2) is 4.79 Å². The van der Waals surface area contributed by atoms with E-state index in [4.69, 9.17) is 14.2 Å². The molecule has 8 nitrogen and oxygen atoms in total. The molecule has 1 aromatic carbocycles. The van der Waals surface area contributed by atoms with Crippen LogP contribution in [0.3, 0.4) is 0 Å². The average Bonchev–Trinajstić information content (AvgIpc) is 2.76. The third-order valence-electron chi connectivity index (χ3n) is 4.98. The summed E-state index contributed by atoms with van der Waals surface area (Å²) in [5.74, 6) is -0.865. The van der Waals surface area contributed by atoms with Crippen molar-refractivity contribution in [2.75, 3.05) is 32.8 Å². The Morgan fingerprint density at radius 3 is 2.44 bits per heavy atom. The number of unbranched alkanes of at least 4 members (excludes halogenated alkanes) is 1. The van der Waals surface area contributed by atoms with Crippen LogP contribution in [-0.4, -0.2) is 61.3 Å². The molecule has 0 aliphatic carbocycles. The monoisotopic (exact) mass is 448 g/mol. The Labute approximate surface area is 190 Å². The van der Waals surface area contributed by atoms with Gasteiger partial charge in [-0.05, 0) is 39.2 Å². The van der Waals surface area contributed by atoms with Gasteiger partial charge in [0.25, 0.3) is 0 Å². The maximum Gasteiger partial charge on any atom is 0.407 e. The molecule has 1 saturated heterocycles. The van der Waals surface area contributed by atoms with Crippen molar-refractivity contribution < 1.29 is 28.6 Å². The lowest BCUT2D eigenvalue weighted by Gasteiger charge is -2.30. The zero-order valence-corrected chi connectivity index (χ0v) is 19.4. The molecule has 8 heteroatoms. The smallest absolute Gasteiger partial charge is 0.407 e. The van der Waals surface area contributed by atoms with Crippen LogP contribution in [0.2, 0.25) is 0 Å². The summed E-state index contributed by atoms with van der Waals surface area (Å²) < 4.78 is 15.9. The second-order valence-corrected chi connectivity index (χ2v) is 8.91. The number of carbonyl (C=O) groups is 3. The second kappa shape index (κ2) is 13.1. The Balaban J connectivity index is 1.81. The van der Waals surface area contributed by atoms with Gasteiger partial charge in [0.05, 0.1) is 19.6 Å². The van der Waals surface area contributed by atoms with Crippen LogP contribution in [0.15, 0.2) is 30.3 Å². The molecule has 1 N–H and O–H groups in total. The fraction of sp³-hybridized carbons (Fsp3) is 0.625. The molecule has 1 atom stereocenters. The zero-order valence-electron chi connectivity index (χ0n) is 19.4. The van der Waals surface area contributed by atoms with Crippen molar-refractivity contribution in [1.29, 1.82) is 0 Å². The largest absolute Gasteiger partial charge is 0.461 e. The maximum atomic E-state index is 13.0. The first-order valence-electron chi connectivity index (χ1n) is 11.3. The summed E-state index contributed by atoms with van der Waals surface area (Å²) in [7, 11) is 0.